The summed E-state index contributed by atoms with van der Waals surface area (Å²) in [7, 11) is 1.29. The van der Waals surface area contributed by atoms with E-state index in [0.29, 0.717) is 11.0 Å². The minimum absolute atomic E-state index is 0.00444. The van der Waals surface area contributed by atoms with Crippen molar-refractivity contribution < 1.29 is 37.3 Å². The Morgan fingerprint density at radius 3 is 2.45 bits per heavy atom. The van der Waals surface area contributed by atoms with E-state index < -0.39 is 19.9 Å². The van der Waals surface area contributed by atoms with Gasteiger partial charge in [-0.15, -0.1) is 6.58 Å². The molecule has 2 atom stereocenters. The SMILES string of the molecule is C=CCOC[C@@H](COP(=O)([O-])OCC[N+](C)(C)C)OC(C)=O. The number of phosphoric ester groups is 1. The van der Waals surface area contributed by atoms with Gasteiger partial charge in [0, 0.05) is 6.92 Å². The third-order valence-electron chi connectivity index (χ3n) is 2.30. The summed E-state index contributed by atoms with van der Waals surface area (Å²) >= 11 is 0. The molecule has 0 aromatic rings. The highest BCUT2D eigenvalue weighted by molar-refractivity contribution is 7.45. The molecule has 0 bridgehead atoms. The number of hydrogen-bond acceptors (Lipinski definition) is 7. The lowest BCUT2D eigenvalue weighted by atomic mass is 10.4. The van der Waals surface area contributed by atoms with Gasteiger partial charge in [0.15, 0.2) is 0 Å². The standard InChI is InChI=1S/C13H26NO7P/c1-6-8-18-10-13(21-12(2)15)11-20-22(16,17)19-9-7-14(3,4)5/h6,13H,1,7-11H2,2-5H3/t13-/m0/s1. The molecule has 0 spiro atoms. The molecule has 0 amide bonds. The summed E-state index contributed by atoms with van der Waals surface area (Å²) in [5, 5.41) is 0. The summed E-state index contributed by atoms with van der Waals surface area (Å²) < 4.78 is 31.7. The molecule has 0 saturated carbocycles. The first-order valence-corrected chi connectivity index (χ1v) is 8.28. The van der Waals surface area contributed by atoms with Crippen LogP contribution in [0.3, 0.4) is 0 Å². The molecule has 8 nitrogen and oxygen atoms in total. The average Bonchev–Trinajstić information content (AvgIpc) is 2.33. The Kier molecular flexibility index (Phi) is 9.75. The van der Waals surface area contributed by atoms with E-state index in [9.17, 15) is 14.3 Å². The van der Waals surface area contributed by atoms with Crippen molar-refractivity contribution in [3.05, 3.63) is 12.7 Å². The van der Waals surface area contributed by atoms with Crippen LogP contribution in [-0.2, 0) is 27.9 Å². The highest BCUT2D eigenvalue weighted by atomic mass is 31.2. The zero-order valence-electron chi connectivity index (χ0n) is 13.6. The van der Waals surface area contributed by atoms with E-state index in [2.05, 4.69) is 6.58 Å². The number of carbonyl (C=O) groups is 1. The second-order valence-electron chi connectivity index (χ2n) is 5.65. The second kappa shape index (κ2) is 10.1. The van der Waals surface area contributed by atoms with E-state index in [1.54, 1.807) is 0 Å². The van der Waals surface area contributed by atoms with Crippen molar-refractivity contribution in [2.45, 2.75) is 13.0 Å². The molecule has 22 heavy (non-hydrogen) atoms. The topological polar surface area (TPSA) is 94.1 Å². The molecule has 0 aliphatic rings. The maximum atomic E-state index is 11.6. The molecule has 0 fully saturated rings. The Bertz CT molecular complexity index is 394. The van der Waals surface area contributed by atoms with E-state index in [4.69, 9.17) is 18.5 Å². The predicted octanol–water partition coefficient (Wildman–Crippen LogP) is 0.329. The van der Waals surface area contributed by atoms with Crippen molar-refractivity contribution >= 4 is 13.8 Å². The summed E-state index contributed by atoms with van der Waals surface area (Å²) in [5.41, 5.74) is 0. The molecule has 1 unspecified atom stereocenters. The van der Waals surface area contributed by atoms with Gasteiger partial charge < -0.3 is 27.9 Å². The van der Waals surface area contributed by atoms with Crippen LogP contribution in [0.5, 0.6) is 0 Å². The summed E-state index contributed by atoms with van der Waals surface area (Å²) in [6.45, 7) is 5.11. The Morgan fingerprint density at radius 1 is 1.32 bits per heavy atom. The van der Waals surface area contributed by atoms with Crippen LogP contribution in [0.2, 0.25) is 0 Å². The van der Waals surface area contributed by atoms with Crippen molar-refractivity contribution in [2.24, 2.45) is 0 Å². The number of phosphoric acid groups is 1. The Hall–Kier alpha value is -0.760. The van der Waals surface area contributed by atoms with Gasteiger partial charge in [0.25, 0.3) is 7.82 Å². The number of hydrogen-bond donors (Lipinski definition) is 0. The normalized spacial score (nSPS) is 15.9. The van der Waals surface area contributed by atoms with Gasteiger partial charge in [0.2, 0.25) is 0 Å². The van der Waals surface area contributed by atoms with Gasteiger partial charge in [0.05, 0.1) is 41.0 Å². The third kappa shape index (κ3) is 12.9. The summed E-state index contributed by atoms with van der Waals surface area (Å²) in [5.74, 6) is -0.553. The maximum Gasteiger partial charge on any atom is 0.303 e. The summed E-state index contributed by atoms with van der Waals surface area (Å²) in [6, 6.07) is 0. The molecule has 0 saturated heterocycles. The molecule has 0 aromatic heterocycles. The van der Waals surface area contributed by atoms with Crippen molar-refractivity contribution in [3.8, 4) is 0 Å². The van der Waals surface area contributed by atoms with Crippen LogP contribution in [0.1, 0.15) is 6.92 Å². The largest absolute Gasteiger partial charge is 0.756 e. The number of ether oxygens (including phenoxy) is 2. The van der Waals surface area contributed by atoms with Crippen molar-refractivity contribution in [1.82, 2.24) is 0 Å². The maximum absolute atomic E-state index is 11.6. The molecular weight excluding hydrogens is 313 g/mol. The van der Waals surface area contributed by atoms with Gasteiger partial charge in [0.1, 0.15) is 19.3 Å². The molecule has 0 aromatic carbocycles. The lowest BCUT2D eigenvalue weighted by Gasteiger charge is -2.28. The minimum Gasteiger partial charge on any atom is -0.756 e. The fraction of sp³-hybridized carbons (Fsp3) is 0.769. The first-order valence-electron chi connectivity index (χ1n) is 6.82. The minimum atomic E-state index is -4.44. The molecule has 0 N–H and O–H groups in total. The molecule has 0 aliphatic carbocycles. The first-order chi connectivity index (χ1) is 10.1. The van der Waals surface area contributed by atoms with Gasteiger partial charge in [-0.3, -0.25) is 9.36 Å². The number of quaternary nitrogens is 1. The predicted molar refractivity (Wildman–Crippen MR) is 79.0 cm³/mol. The fourth-order valence-corrected chi connectivity index (χ4v) is 2.00. The lowest BCUT2D eigenvalue weighted by molar-refractivity contribution is -0.870. The Balaban J connectivity index is 4.26. The highest BCUT2D eigenvalue weighted by Crippen LogP contribution is 2.38. The van der Waals surface area contributed by atoms with Gasteiger partial charge in [-0.05, 0) is 0 Å². The van der Waals surface area contributed by atoms with Crippen LogP contribution < -0.4 is 4.89 Å². The summed E-state index contributed by atoms with van der Waals surface area (Å²) in [4.78, 5) is 22.6. The van der Waals surface area contributed by atoms with E-state index in [-0.39, 0.29) is 26.4 Å². The Morgan fingerprint density at radius 2 is 1.95 bits per heavy atom. The summed E-state index contributed by atoms with van der Waals surface area (Å²) in [6.07, 6.45) is 0.694. The molecule has 130 valence electrons. The highest BCUT2D eigenvalue weighted by Gasteiger charge is 2.18. The van der Waals surface area contributed by atoms with Crippen LogP contribution in [0.25, 0.3) is 0 Å². The smallest absolute Gasteiger partial charge is 0.303 e. The fourth-order valence-electron chi connectivity index (χ4n) is 1.27. The Labute approximate surface area is 131 Å². The van der Waals surface area contributed by atoms with Crippen molar-refractivity contribution in [2.75, 3.05) is 54.1 Å². The molecular formula is C13H26NO7P. The van der Waals surface area contributed by atoms with Crippen LogP contribution in [0, 0.1) is 0 Å². The van der Waals surface area contributed by atoms with E-state index in [1.165, 1.54) is 13.0 Å². The number of esters is 1. The molecule has 0 rings (SSSR count). The number of likely N-dealkylation sites (N-methyl/N-ethyl adjacent to an activating group) is 1. The van der Waals surface area contributed by atoms with Crippen LogP contribution in [0.4, 0.5) is 0 Å². The van der Waals surface area contributed by atoms with Gasteiger partial charge in [-0.1, -0.05) is 6.08 Å². The monoisotopic (exact) mass is 339 g/mol. The second-order valence-corrected chi connectivity index (χ2v) is 7.06. The van der Waals surface area contributed by atoms with Gasteiger partial charge >= 0.3 is 5.97 Å². The van der Waals surface area contributed by atoms with Crippen LogP contribution >= 0.6 is 7.82 Å². The average molecular weight is 339 g/mol. The van der Waals surface area contributed by atoms with Gasteiger partial charge in [-0.2, -0.15) is 0 Å². The first kappa shape index (κ1) is 21.2. The number of nitrogens with zero attached hydrogens (tertiary/aromatic N) is 1. The third-order valence-corrected chi connectivity index (χ3v) is 3.27. The van der Waals surface area contributed by atoms with Crippen LogP contribution in [0.15, 0.2) is 12.7 Å². The number of rotatable bonds is 12. The molecule has 0 radical (unpaired) electrons. The molecule has 9 heteroatoms. The zero-order valence-corrected chi connectivity index (χ0v) is 14.5. The number of carbonyl (C=O) groups excluding carboxylic acids is 1. The van der Waals surface area contributed by atoms with Crippen molar-refractivity contribution in [3.63, 3.8) is 0 Å². The zero-order chi connectivity index (χ0) is 17.2. The van der Waals surface area contributed by atoms with E-state index in [1.807, 2.05) is 21.1 Å². The lowest BCUT2D eigenvalue weighted by Crippen LogP contribution is -2.37. The quantitative estimate of drug-likeness (QED) is 0.166. The van der Waals surface area contributed by atoms with Crippen molar-refractivity contribution in [1.29, 1.82) is 0 Å². The van der Waals surface area contributed by atoms with Gasteiger partial charge in [-0.25, -0.2) is 0 Å². The van der Waals surface area contributed by atoms with E-state index >= 15 is 0 Å². The molecule has 0 heterocycles. The molecule has 0 aliphatic heterocycles. The van der Waals surface area contributed by atoms with E-state index in [0.717, 1.165) is 0 Å². The van der Waals surface area contributed by atoms with Crippen LogP contribution in [-0.4, -0.2) is 70.7 Å².